The maximum atomic E-state index is 12.7. The lowest BCUT2D eigenvalue weighted by molar-refractivity contribution is -0.122. The molecule has 0 bridgehead atoms. The zero-order valence-electron chi connectivity index (χ0n) is 14.4. The number of aromatic nitrogens is 3. The molecule has 1 N–H and O–H groups in total. The van der Waals surface area contributed by atoms with Gasteiger partial charge < -0.3 is 4.42 Å². The molecule has 1 aliphatic carbocycles. The quantitative estimate of drug-likeness (QED) is 0.900. The Bertz CT molecular complexity index is 755. The van der Waals surface area contributed by atoms with E-state index in [0.29, 0.717) is 18.4 Å². The maximum Gasteiger partial charge on any atom is 0.322 e. The summed E-state index contributed by atoms with van der Waals surface area (Å²) in [5.41, 5.74) is 2.18. The van der Waals surface area contributed by atoms with Crippen LogP contribution in [0.2, 0.25) is 0 Å². The van der Waals surface area contributed by atoms with Gasteiger partial charge in [-0.3, -0.25) is 20.0 Å². The van der Waals surface area contributed by atoms with Crippen LogP contribution in [-0.2, 0) is 11.3 Å². The number of piperidine rings is 1. The number of pyridine rings is 1. The van der Waals surface area contributed by atoms with Crippen molar-refractivity contribution in [3.05, 3.63) is 35.5 Å². The van der Waals surface area contributed by atoms with Crippen LogP contribution < -0.4 is 5.32 Å². The van der Waals surface area contributed by atoms with Gasteiger partial charge in [-0.05, 0) is 50.8 Å². The first-order chi connectivity index (χ1) is 12.2. The fraction of sp³-hybridized carbons (Fsp3) is 0.556. The zero-order chi connectivity index (χ0) is 17.2. The van der Waals surface area contributed by atoms with E-state index in [2.05, 4.69) is 38.4 Å². The Labute approximate surface area is 146 Å². The van der Waals surface area contributed by atoms with Crippen molar-refractivity contribution in [2.45, 2.75) is 57.5 Å². The van der Waals surface area contributed by atoms with Gasteiger partial charge in [0.25, 0.3) is 0 Å². The van der Waals surface area contributed by atoms with E-state index in [1.54, 1.807) is 6.20 Å². The molecule has 1 saturated heterocycles. The van der Waals surface area contributed by atoms with E-state index < -0.39 is 0 Å². The zero-order valence-corrected chi connectivity index (χ0v) is 14.4. The highest BCUT2D eigenvalue weighted by molar-refractivity contribution is 5.93. The molecule has 132 valence electrons. The molecule has 2 aliphatic rings. The smallest absolute Gasteiger partial charge is 0.322 e. The van der Waals surface area contributed by atoms with Crippen molar-refractivity contribution < 1.29 is 9.21 Å². The topological polar surface area (TPSA) is 84.2 Å². The third kappa shape index (κ3) is 3.71. The summed E-state index contributed by atoms with van der Waals surface area (Å²) in [6.07, 6.45) is 6.97. The largest absolute Gasteiger partial charge is 0.408 e. The number of hydrogen-bond acceptors (Lipinski definition) is 6. The van der Waals surface area contributed by atoms with Gasteiger partial charge in [0.2, 0.25) is 11.8 Å². The van der Waals surface area contributed by atoms with Crippen molar-refractivity contribution in [2.75, 3.05) is 11.9 Å². The van der Waals surface area contributed by atoms with Crippen molar-refractivity contribution in [2.24, 2.45) is 0 Å². The average molecular weight is 341 g/mol. The molecule has 1 aliphatic heterocycles. The number of rotatable bonds is 5. The molecule has 2 fully saturated rings. The number of likely N-dealkylation sites (tertiary alicyclic amines) is 1. The first-order valence-corrected chi connectivity index (χ1v) is 8.99. The van der Waals surface area contributed by atoms with Crippen LogP contribution in [-0.4, -0.2) is 38.6 Å². The van der Waals surface area contributed by atoms with Gasteiger partial charge in [-0.1, -0.05) is 17.6 Å². The minimum Gasteiger partial charge on any atom is -0.408 e. The highest BCUT2D eigenvalue weighted by atomic mass is 16.4. The SMILES string of the molecule is Cc1cccnc1CN1CCCC[C@@H]1C(=O)Nc1nnc(C2CC2)o1. The predicted octanol–water partition coefficient (Wildman–Crippen LogP) is 2.64. The molecule has 0 radical (unpaired) electrons. The number of carbonyl (C=O) groups excluding carboxylic acids is 1. The summed E-state index contributed by atoms with van der Waals surface area (Å²) >= 11 is 0. The maximum absolute atomic E-state index is 12.7. The minimum atomic E-state index is -0.188. The third-order valence-electron chi connectivity index (χ3n) is 4.98. The molecule has 3 heterocycles. The van der Waals surface area contributed by atoms with Crippen LogP contribution in [0.1, 0.15) is 55.2 Å². The molecule has 7 heteroatoms. The molecule has 1 amide bonds. The molecule has 2 aromatic rings. The fourth-order valence-electron chi connectivity index (χ4n) is 3.32. The van der Waals surface area contributed by atoms with Crippen LogP contribution in [0.25, 0.3) is 0 Å². The van der Waals surface area contributed by atoms with Crippen molar-refractivity contribution >= 4 is 11.9 Å². The van der Waals surface area contributed by atoms with Gasteiger partial charge in [-0.25, -0.2) is 0 Å². The Morgan fingerprint density at radius 1 is 1.32 bits per heavy atom. The summed E-state index contributed by atoms with van der Waals surface area (Å²) in [4.78, 5) is 19.4. The molecular formula is C18H23N5O2. The summed E-state index contributed by atoms with van der Waals surface area (Å²) in [6.45, 7) is 3.63. The second-order valence-electron chi connectivity index (χ2n) is 6.96. The summed E-state index contributed by atoms with van der Waals surface area (Å²) in [6, 6.07) is 4.02. The number of amides is 1. The van der Waals surface area contributed by atoms with Crippen LogP contribution in [0, 0.1) is 6.92 Å². The standard InChI is InChI=1S/C18H23N5O2/c1-12-5-4-9-19-14(12)11-23-10-3-2-6-15(23)16(24)20-18-22-21-17(25-18)13-7-8-13/h4-5,9,13,15H,2-3,6-8,10-11H2,1H3,(H,20,22,24)/t15-/m1/s1. The Morgan fingerprint density at radius 3 is 3.00 bits per heavy atom. The van der Waals surface area contributed by atoms with Crippen molar-refractivity contribution in [1.29, 1.82) is 0 Å². The lowest BCUT2D eigenvalue weighted by atomic mass is 10.0. The van der Waals surface area contributed by atoms with E-state index in [1.165, 1.54) is 0 Å². The number of hydrogen-bond donors (Lipinski definition) is 1. The second kappa shape index (κ2) is 6.92. The van der Waals surface area contributed by atoms with Crippen LogP contribution in [0.5, 0.6) is 0 Å². The monoisotopic (exact) mass is 341 g/mol. The van der Waals surface area contributed by atoms with E-state index >= 15 is 0 Å². The molecule has 0 aromatic carbocycles. The lowest BCUT2D eigenvalue weighted by Gasteiger charge is -2.34. The van der Waals surface area contributed by atoms with Gasteiger partial charge in [0.15, 0.2) is 0 Å². The van der Waals surface area contributed by atoms with Gasteiger partial charge >= 0.3 is 6.01 Å². The number of nitrogens with zero attached hydrogens (tertiary/aromatic N) is 4. The van der Waals surface area contributed by atoms with Gasteiger partial charge in [0.1, 0.15) is 0 Å². The first kappa shape index (κ1) is 16.2. The van der Waals surface area contributed by atoms with E-state index in [9.17, 15) is 4.79 Å². The number of aryl methyl sites for hydroxylation is 1. The van der Waals surface area contributed by atoms with Crippen molar-refractivity contribution in [3.8, 4) is 0 Å². The number of nitrogens with one attached hydrogen (secondary N) is 1. The molecular weight excluding hydrogens is 318 g/mol. The summed E-state index contributed by atoms with van der Waals surface area (Å²) in [7, 11) is 0. The molecule has 25 heavy (non-hydrogen) atoms. The fourth-order valence-corrected chi connectivity index (χ4v) is 3.32. The lowest BCUT2D eigenvalue weighted by Crippen LogP contribution is -2.46. The molecule has 1 atom stereocenters. The van der Waals surface area contributed by atoms with Gasteiger partial charge in [-0.2, -0.15) is 0 Å². The van der Waals surface area contributed by atoms with Crippen LogP contribution in [0.3, 0.4) is 0 Å². The van der Waals surface area contributed by atoms with E-state index in [4.69, 9.17) is 4.42 Å². The van der Waals surface area contributed by atoms with Crippen molar-refractivity contribution in [1.82, 2.24) is 20.1 Å². The molecule has 2 aromatic heterocycles. The predicted molar refractivity (Wildman–Crippen MR) is 91.9 cm³/mol. The summed E-state index contributed by atoms with van der Waals surface area (Å²) < 4.78 is 5.56. The second-order valence-corrected chi connectivity index (χ2v) is 6.96. The summed E-state index contributed by atoms with van der Waals surface area (Å²) in [5.74, 6) is 0.954. The molecule has 0 unspecified atom stereocenters. The molecule has 7 nitrogen and oxygen atoms in total. The van der Waals surface area contributed by atoms with Crippen LogP contribution in [0.15, 0.2) is 22.7 Å². The minimum absolute atomic E-state index is 0.0701. The molecule has 0 spiro atoms. The number of carbonyl (C=O) groups is 1. The van der Waals surface area contributed by atoms with E-state index in [-0.39, 0.29) is 18.0 Å². The average Bonchev–Trinajstić information content (AvgIpc) is 3.37. The summed E-state index contributed by atoms with van der Waals surface area (Å²) in [5, 5.41) is 10.8. The molecule has 4 rings (SSSR count). The van der Waals surface area contributed by atoms with Gasteiger partial charge in [0.05, 0.1) is 11.7 Å². The Balaban J connectivity index is 1.44. The third-order valence-corrected chi connectivity index (χ3v) is 4.98. The highest BCUT2D eigenvalue weighted by Gasteiger charge is 2.32. The van der Waals surface area contributed by atoms with Gasteiger partial charge in [0, 0.05) is 18.7 Å². The normalized spacial score (nSPS) is 21.2. The van der Waals surface area contributed by atoms with E-state index in [1.807, 2.05) is 6.07 Å². The van der Waals surface area contributed by atoms with Crippen molar-refractivity contribution in [3.63, 3.8) is 0 Å². The number of anilines is 1. The Morgan fingerprint density at radius 2 is 2.20 bits per heavy atom. The Hall–Kier alpha value is -2.28. The first-order valence-electron chi connectivity index (χ1n) is 8.99. The highest BCUT2D eigenvalue weighted by Crippen LogP contribution is 2.39. The molecule has 1 saturated carbocycles. The van der Waals surface area contributed by atoms with Crippen LogP contribution >= 0.6 is 0 Å². The Kier molecular flexibility index (Phi) is 4.48. The van der Waals surface area contributed by atoms with Gasteiger partial charge in [-0.15, -0.1) is 5.10 Å². The van der Waals surface area contributed by atoms with Crippen LogP contribution in [0.4, 0.5) is 6.01 Å². The van der Waals surface area contributed by atoms with E-state index in [0.717, 1.165) is 49.9 Å².